The first-order chi connectivity index (χ1) is 17.7. The van der Waals surface area contributed by atoms with Gasteiger partial charge in [-0.05, 0) is 42.2 Å². The Morgan fingerprint density at radius 3 is 2.14 bits per heavy atom. The van der Waals surface area contributed by atoms with E-state index in [4.69, 9.17) is 0 Å². The van der Waals surface area contributed by atoms with Crippen molar-refractivity contribution in [1.29, 1.82) is 0 Å². The van der Waals surface area contributed by atoms with Gasteiger partial charge < -0.3 is 5.32 Å². The summed E-state index contributed by atoms with van der Waals surface area (Å²) < 4.78 is 31.4. The molecule has 9 nitrogen and oxygen atoms in total. The topological polar surface area (TPSA) is 119 Å². The van der Waals surface area contributed by atoms with E-state index in [1.165, 1.54) is 36.9 Å². The number of hydrogen-bond acceptors (Lipinski definition) is 5. The quantitative estimate of drug-likeness (QED) is 0.347. The molecule has 0 radical (unpaired) electrons. The van der Waals surface area contributed by atoms with Crippen LogP contribution in [0.15, 0.2) is 93.3 Å². The molecule has 0 saturated heterocycles. The Kier molecular flexibility index (Phi) is 7.70. The highest BCUT2D eigenvalue weighted by atomic mass is 32.2. The van der Waals surface area contributed by atoms with Gasteiger partial charge in [0.05, 0.1) is 15.8 Å². The zero-order chi connectivity index (χ0) is 26.6. The summed E-state index contributed by atoms with van der Waals surface area (Å²) >= 11 is 0. The van der Waals surface area contributed by atoms with Crippen molar-refractivity contribution in [2.24, 2.45) is 14.1 Å². The number of nitrogens with one attached hydrogen (secondary N) is 2. The highest BCUT2D eigenvalue weighted by Crippen LogP contribution is 2.16. The number of fused-ring (bicyclic) bond motifs is 1. The molecule has 192 valence electrons. The molecular formula is C27H28N4O5S. The van der Waals surface area contributed by atoms with Crippen LogP contribution < -0.4 is 21.3 Å². The number of carbonyl (C=O) groups excluding carboxylic acids is 1. The van der Waals surface area contributed by atoms with E-state index in [1.807, 2.05) is 60.7 Å². The van der Waals surface area contributed by atoms with Gasteiger partial charge in [0.25, 0.3) is 5.56 Å². The van der Waals surface area contributed by atoms with Gasteiger partial charge in [-0.3, -0.25) is 18.7 Å². The summed E-state index contributed by atoms with van der Waals surface area (Å²) in [5, 5.41) is 2.91. The molecule has 1 atom stereocenters. The first-order valence-corrected chi connectivity index (χ1v) is 13.2. The molecule has 0 saturated carbocycles. The van der Waals surface area contributed by atoms with Crippen molar-refractivity contribution in [3.05, 3.63) is 111 Å². The first-order valence-electron chi connectivity index (χ1n) is 11.7. The van der Waals surface area contributed by atoms with Gasteiger partial charge in [0.1, 0.15) is 6.04 Å². The van der Waals surface area contributed by atoms with Crippen molar-refractivity contribution >= 4 is 26.8 Å². The van der Waals surface area contributed by atoms with Gasteiger partial charge in [-0.25, -0.2) is 13.2 Å². The molecular weight excluding hydrogens is 492 g/mol. The summed E-state index contributed by atoms with van der Waals surface area (Å²) in [5.41, 5.74) is 1.04. The van der Waals surface area contributed by atoms with E-state index >= 15 is 0 Å². The summed E-state index contributed by atoms with van der Waals surface area (Å²) in [4.78, 5) is 37.8. The average Bonchev–Trinajstić information content (AvgIpc) is 2.91. The van der Waals surface area contributed by atoms with Crippen molar-refractivity contribution in [2.45, 2.75) is 23.8 Å². The van der Waals surface area contributed by atoms with Crippen LogP contribution in [0, 0.1) is 0 Å². The molecule has 0 unspecified atom stereocenters. The van der Waals surface area contributed by atoms with Crippen LogP contribution in [0.25, 0.3) is 10.9 Å². The van der Waals surface area contributed by atoms with Gasteiger partial charge in [-0.15, -0.1) is 0 Å². The minimum absolute atomic E-state index is 0.0828. The SMILES string of the molecule is Cn1c(=O)c2cc(S(=O)(=O)N[C@H](Cc3ccccc3)C(=O)NCCc3ccccc3)ccc2n(C)c1=O. The van der Waals surface area contributed by atoms with Gasteiger partial charge >= 0.3 is 5.69 Å². The first kappa shape index (κ1) is 26.1. The Labute approximate surface area is 214 Å². The fourth-order valence-corrected chi connectivity index (χ4v) is 5.35. The van der Waals surface area contributed by atoms with Crippen LogP contribution in [0.2, 0.25) is 0 Å². The summed E-state index contributed by atoms with van der Waals surface area (Å²) in [6, 6.07) is 21.6. The van der Waals surface area contributed by atoms with E-state index in [0.717, 1.165) is 15.7 Å². The third kappa shape index (κ3) is 5.87. The van der Waals surface area contributed by atoms with E-state index in [0.29, 0.717) is 18.5 Å². The molecule has 1 heterocycles. The van der Waals surface area contributed by atoms with Crippen LogP contribution in [0.5, 0.6) is 0 Å². The summed E-state index contributed by atoms with van der Waals surface area (Å²) in [6.45, 7) is 0.343. The van der Waals surface area contributed by atoms with E-state index < -0.39 is 33.2 Å². The van der Waals surface area contributed by atoms with Crippen LogP contribution in [0.1, 0.15) is 11.1 Å². The molecule has 0 fully saturated rings. The number of sulfonamides is 1. The van der Waals surface area contributed by atoms with E-state index in [2.05, 4.69) is 10.0 Å². The van der Waals surface area contributed by atoms with E-state index in [9.17, 15) is 22.8 Å². The molecule has 0 spiro atoms. The summed E-state index contributed by atoms with van der Waals surface area (Å²) in [6.07, 6.45) is 0.741. The van der Waals surface area contributed by atoms with Crippen LogP contribution in [-0.2, 0) is 41.8 Å². The fraction of sp³-hybridized carbons (Fsp3) is 0.222. The normalized spacial score (nSPS) is 12.4. The molecule has 0 bridgehead atoms. The number of amides is 1. The lowest BCUT2D eigenvalue weighted by atomic mass is 10.1. The molecule has 37 heavy (non-hydrogen) atoms. The molecule has 4 rings (SSSR count). The number of benzene rings is 3. The minimum Gasteiger partial charge on any atom is -0.354 e. The number of nitrogens with zero attached hydrogens (tertiary/aromatic N) is 2. The van der Waals surface area contributed by atoms with Crippen molar-refractivity contribution in [3.8, 4) is 0 Å². The van der Waals surface area contributed by atoms with Crippen molar-refractivity contribution in [3.63, 3.8) is 0 Å². The van der Waals surface area contributed by atoms with E-state index in [1.54, 1.807) is 0 Å². The number of carbonyl (C=O) groups is 1. The number of aryl methyl sites for hydroxylation is 1. The number of hydrogen-bond donors (Lipinski definition) is 2. The smallest absolute Gasteiger partial charge is 0.330 e. The Hall–Kier alpha value is -4.02. The lowest BCUT2D eigenvalue weighted by Crippen LogP contribution is -2.48. The summed E-state index contributed by atoms with van der Waals surface area (Å²) in [7, 11) is -1.35. The Bertz CT molecular complexity index is 1650. The minimum atomic E-state index is -4.19. The van der Waals surface area contributed by atoms with Crippen LogP contribution in [0.3, 0.4) is 0 Å². The largest absolute Gasteiger partial charge is 0.354 e. The standard InChI is InChI=1S/C27H28N4O5S/c1-30-24-14-13-21(18-22(24)26(33)31(2)27(30)34)37(35,36)29-23(17-20-11-7-4-8-12-20)25(32)28-16-15-19-9-5-3-6-10-19/h3-14,18,23,29H,15-17H2,1-2H3,(H,28,32)/t23-/m1/s1. The zero-order valence-electron chi connectivity index (χ0n) is 20.5. The van der Waals surface area contributed by atoms with Crippen molar-refractivity contribution in [1.82, 2.24) is 19.2 Å². The predicted octanol–water partition coefficient (Wildman–Crippen LogP) is 1.49. The van der Waals surface area contributed by atoms with Gasteiger partial charge in [-0.1, -0.05) is 60.7 Å². The maximum absolute atomic E-state index is 13.4. The molecule has 4 aromatic rings. The monoisotopic (exact) mass is 520 g/mol. The van der Waals surface area contributed by atoms with Crippen LogP contribution >= 0.6 is 0 Å². The molecule has 1 aromatic heterocycles. The Balaban J connectivity index is 1.61. The van der Waals surface area contributed by atoms with Crippen LogP contribution in [0.4, 0.5) is 0 Å². The molecule has 3 aromatic carbocycles. The second-order valence-corrected chi connectivity index (χ2v) is 10.5. The maximum Gasteiger partial charge on any atom is 0.330 e. The van der Waals surface area contributed by atoms with Crippen molar-refractivity contribution < 1.29 is 13.2 Å². The Morgan fingerprint density at radius 2 is 1.49 bits per heavy atom. The maximum atomic E-state index is 13.4. The number of rotatable bonds is 9. The predicted molar refractivity (Wildman–Crippen MR) is 142 cm³/mol. The van der Waals surface area contributed by atoms with Gasteiger partial charge in [0.2, 0.25) is 15.9 Å². The third-order valence-electron chi connectivity index (χ3n) is 6.20. The third-order valence-corrected chi connectivity index (χ3v) is 7.67. The highest BCUT2D eigenvalue weighted by molar-refractivity contribution is 7.89. The zero-order valence-corrected chi connectivity index (χ0v) is 21.4. The lowest BCUT2D eigenvalue weighted by molar-refractivity contribution is -0.122. The second kappa shape index (κ2) is 10.9. The summed E-state index contributed by atoms with van der Waals surface area (Å²) in [5.74, 6) is -0.456. The molecule has 1 amide bonds. The molecule has 0 aliphatic rings. The van der Waals surface area contributed by atoms with Crippen molar-refractivity contribution in [2.75, 3.05) is 6.54 Å². The second-order valence-electron chi connectivity index (χ2n) is 8.77. The lowest BCUT2D eigenvalue weighted by Gasteiger charge is -2.19. The average molecular weight is 521 g/mol. The van der Waals surface area contributed by atoms with E-state index in [-0.39, 0.29) is 16.7 Å². The highest BCUT2D eigenvalue weighted by Gasteiger charge is 2.26. The fourth-order valence-electron chi connectivity index (χ4n) is 4.13. The number of aromatic nitrogens is 2. The van der Waals surface area contributed by atoms with Gasteiger partial charge in [0, 0.05) is 20.6 Å². The molecule has 0 aliphatic carbocycles. The molecule has 10 heteroatoms. The molecule has 2 N–H and O–H groups in total. The Morgan fingerprint density at radius 1 is 0.865 bits per heavy atom. The molecule has 0 aliphatic heterocycles. The van der Waals surface area contributed by atoms with Gasteiger partial charge in [0.15, 0.2) is 0 Å². The van der Waals surface area contributed by atoms with Gasteiger partial charge in [-0.2, -0.15) is 4.72 Å². The van der Waals surface area contributed by atoms with Crippen LogP contribution in [-0.4, -0.2) is 36.0 Å².